The number of hydrogen-bond donors (Lipinski definition) is 1. The number of rotatable bonds is 7. The summed E-state index contributed by atoms with van der Waals surface area (Å²) in [6.07, 6.45) is 0. The number of thiazole rings is 1. The fraction of sp³-hybridized carbons (Fsp3) is 0.227. The van der Waals surface area contributed by atoms with Crippen molar-refractivity contribution in [3.63, 3.8) is 0 Å². The van der Waals surface area contributed by atoms with E-state index in [0.717, 1.165) is 11.3 Å². The van der Waals surface area contributed by atoms with Gasteiger partial charge in [-0.05, 0) is 49.4 Å². The van der Waals surface area contributed by atoms with Gasteiger partial charge >= 0.3 is 0 Å². The van der Waals surface area contributed by atoms with Gasteiger partial charge in [-0.1, -0.05) is 0 Å². The first-order valence-electron chi connectivity index (χ1n) is 9.68. The molecule has 9 heteroatoms. The van der Waals surface area contributed by atoms with Crippen molar-refractivity contribution in [1.29, 1.82) is 0 Å². The first kappa shape index (κ1) is 20.7. The Morgan fingerprint density at radius 1 is 1.19 bits per heavy atom. The van der Waals surface area contributed by atoms with Crippen LogP contribution >= 0.6 is 11.3 Å². The molecule has 1 N–H and O–H groups in total. The summed E-state index contributed by atoms with van der Waals surface area (Å²) < 4.78 is 16.3. The molecule has 1 aliphatic heterocycles. The van der Waals surface area contributed by atoms with Crippen LogP contribution in [0.4, 0.5) is 10.8 Å². The zero-order chi connectivity index (χ0) is 21.8. The summed E-state index contributed by atoms with van der Waals surface area (Å²) in [6.45, 7) is 2.41. The highest BCUT2D eigenvalue weighted by atomic mass is 32.1. The molecule has 2 heterocycles. The molecule has 0 unspecified atom stereocenters. The van der Waals surface area contributed by atoms with Gasteiger partial charge in [0, 0.05) is 18.0 Å². The number of fused-ring (bicyclic) bond motifs is 1. The topological polar surface area (TPSA) is 90.0 Å². The zero-order valence-corrected chi connectivity index (χ0v) is 17.9. The number of carbonyl (C=O) groups is 2. The number of nitrogens with zero attached hydrogens (tertiary/aromatic N) is 2. The van der Waals surface area contributed by atoms with Crippen molar-refractivity contribution < 1.29 is 23.8 Å². The van der Waals surface area contributed by atoms with Crippen LogP contribution in [0.25, 0.3) is 11.3 Å². The van der Waals surface area contributed by atoms with Gasteiger partial charge < -0.3 is 19.1 Å². The molecule has 1 aliphatic rings. The predicted octanol–water partition coefficient (Wildman–Crippen LogP) is 3.58. The number of carbonyl (C=O) groups excluding carboxylic acids is 2. The van der Waals surface area contributed by atoms with E-state index in [0.29, 0.717) is 34.6 Å². The second kappa shape index (κ2) is 9.05. The molecule has 0 radical (unpaired) electrons. The quantitative estimate of drug-likeness (QED) is 0.605. The molecule has 2 amide bonds. The molecule has 8 nitrogen and oxygen atoms in total. The lowest BCUT2D eigenvalue weighted by Crippen LogP contribution is -2.35. The number of hydrogen-bond acceptors (Lipinski definition) is 7. The van der Waals surface area contributed by atoms with Gasteiger partial charge in [-0.3, -0.25) is 14.9 Å². The van der Waals surface area contributed by atoms with Crippen LogP contribution in [-0.2, 0) is 9.59 Å². The first-order valence-corrected chi connectivity index (χ1v) is 10.6. The van der Waals surface area contributed by atoms with Crippen LogP contribution < -0.4 is 24.4 Å². The summed E-state index contributed by atoms with van der Waals surface area (Å²) in [6, 6.07) is 12.6. The maximum absolute atomic E-state index is 12.2. The lowest BCUT2D eigenvalue weighted by atomic mass is 10.1. The largest absolute Gasteiger partial charge is 0.494 e. The molecule has 4 rings (SSSR count). The molecule has 0 saturated carbocycles. The SMILES string of the molecule is CCOc1ccc(OCC(=O)Nc2nc(-c3ccc4c(c3)N(C)C(=O)CO4)cs2)cc1. The van der Waals surface area contributed by atoms with Crippen molar-refractivity contribution in [2.24, 2.45) is 0 Å². The molecule has 0 fully saturated rings. The van der Waals surface area contributed by atoms with Crippen molar-refractivity contribution in [3.05, 3.63) is 47.8 Å². The molecule has 0 spiro atoms. The van der Waals surface area contributed by atoms with Crippen LogP contribution in [0.15, 0.2) is 47.8 Å². The molecule has 2 aromatic carbocycles. The van der Waals surface area contributed by atoms with Gasteiger partial charge in [-0.15, -0.1) is 11.3 Å². The molecule has 31 heavy (non-hydrogen) atoms. The second-order valence-corrected chi connectivity index (χ2v) is 7.56. The average molecular weight is 439 g/mol. The van der Waals surface area contributed by atoms with Gasteiger partial charge in [-0.2, -0.15) is 0 Å². The van der Waals surface area contributed by atoms with E-state index >= 15 is 0 Å². The predicted molar refractivity (Wildman–Crippen MR) is 118 cm³/mol. The smallest absolute Gasteiger partial charge is 0.264 e. The summed E-state index contributed by atoms with van der Waals surface area (Å²) in [5.41, 5.74) is 2.21. The normalized spacial score (nSPS) is 12.7. The molecule has 3 aromatic rings. The molecule has 0 atom stereocenters. The highest BCUT2D eigenvalue weighted by Gasteiger charge is 2.23. The van der Waals surface area contributed by atoms with E-state index in [1.807, 2.05) is 30.5 Å². The zero-order valence-electron chi connectivity index (χ0n) is 17.1. The van der Waals surface area contributed by atoms with Gasteiger partial charge in [-0.25, -0.2) is 4.98 Å². The summed E-state index contributed by atoms with van der Waals surface area (Å²) >= 11 is 1.31. The molecule has 0 bridgehead atoms. The van der Waals surface area contributed by atoms with E-state index in [1.165, 1.54) is 11.3 Å². The molecule has 0 saturated heterocycles. The Kier molecular flexibility index (Phi) is 6.03. The van der Waals surface area contributed by atoms with Crippen molar-refractivity contribution in [3.8, 4) is 28.5 Å². The van der Waals surface area contributed by atoms with Gasteiger partial charge in [0.2, 0.25) is 0 Å². The minimum Gasteiger partial charge on any atom is -0.494 e. The standard InChI is InChI=1S/C22H21N3O5S/c1-3-28-15-5-7-16(8-6-15)29-11-20(26)24-22-23-17(13-31-22)14-4-9-19-18(10-14)25(2)21(27)12-30-19/h4-10,13H,3,11-12H2,1-2H3,(H,23,24,26). The average Bonchev–Trinajstić information content (AvgIpc) is 3.24. The van der Waals surface area contributed by atoms with Gasteiger partial charge in [0.15, 0.2) is 18.3 Å². The molecule has 160 valence electrons. The summed E-state index contributed by atoms with van der Waals surface area (Å²) in [7, 11) is 1.71. The Bertz CT molecular complexity index is 1100. The number of aromatic nitrogens is 1. The first-order chi connectivity index (χ1) is 15.0. The lowest BCUT2D eigenvalue weighted by molar-refractivity contribution is -0.121. The molecule has 1 aromatic heterocycles. The van der Waals surface area contributed by atoms with Crippen LogP contribution in [0, 0.1) is 0 Å². The molecule has 0 aliphatic carbocycles. The Morgan fingerprint density at radius 2 is 1.94 bits per heavy atom. The molecular formula is C22H21N3O5S. The van der Waals surface area contributed by atoms with Crippen LogP contribution in [0.1, 0.15) is 6.92 Å². The van der Waals surface area contributed by atoms with Crippen molar-refractivity contribution >= 4 is 34.0 Å². The van der Waals surface area contributed by atoms with Gasteiger partial charge in [0.05, 0.1) is 18.0 Å². The number of benzene rings is 2. The third-order valence-corrected chi connectivity index (χ3v) is 5.35. The maximum atomic E-state index is 12.2. The summed E-state index contributed by atoms with van der Waals surface area (Å²) in [5, 5.41) is 5.05. The number of amides is 2. The van der Waals surface area contributed by atoms with Crippen LogP contribution in [-0.4, -0.2) is 43.7 Å². The number of likely N-dealkylation sites (N-methyl/N-ethyl adjacent to an activating group) is 1. The Balaban J connectivity index is 1.37. The van der Waals surface area contributed by atoms with E-state index in [4.69, 9.17) is 14.2 Å². The minimum absolute atomic E-state index is 0.0362. The minimum atomic E-state index is -0.307. The Labute approximate surface area is 183 Å². The lowest BCUT2D eigenvalue weighted by Gasteiger charge is -2.26. The van der Waals surface area contributed by atoms with E-state index in [9.17, 15) is 9.59 Å². The van der Waals surface area contributed by atoms with E-state index in [1.54, 1.807) is 36.2 Å². The monoisotopic (exact) mass is 439 g/mol. The number of anilines is 2. The third kappa shape index (κ3) is 4.77. The van der Waals surface area contributed by atoms with Crippen LogP contribution in [0.5, 0.6) is 17.2 Å². The number of ether oxygens (including phenoxy) is 3. The highest BCUT2D eigenvalue weighted by Crippen LogP contribution is 2.36. The number of nitrogens with one attached hydrogen (secondary N) is 1. The second-order valence-electron chi connectivity index (χ2n) is 6.70. The van der Waals surface area contributed by atoms with Crippen molar-refractivity contribution in [2.45, 2.75) is 6.92 Å². The fourth-order valence-corrected chi connectivity index (χ4v) is 3.73. The third-order valence-electron chi connectivity index (χ3n) is 4.60. The van der Waals surface area contributed by atoms with Crippen LogP contribution in [0.3, 0.4) is 0 Å². The van der Waals surface area contributed by atoms with Crippen molar-refractivity contribution in [1.82, 2.24) is 4.98 Å². The Morgan fingerprint density at radius 3 is 2.68 bits per heavy atom. The maximum Gasteiger partial charge on any atom is 0.264 e. The van der Waals surface area contributed by atoms with E-state index < -0.39 is 0 Å². The van der Waals surface area contributed by atoms with Gasteiger partial charge in [0.1, 0.15) is 17.2 Å². The summed E-state index contributed by atoms with van der Waals surface area (Å²) in [4.78, 5) is 30.1. The van der Waals surface area contributed by atoms with Crippen molar-refractivity contribution in [2.75, 3.05) is 37.1 Å². The Hall–Kier alpha value is -3.59. The summed E-state index contributed by atoms with van der Waals surface area (Å²) in [5.74, 6) is 1.57. The fourth-order valence-electron chi connectivity index (χ4n) is 3.00. The van der Waals surface area contributed by atoms with Crippen LogP contribution in [0.2, 0.25) is 0 Å². The van der Waals surface area contributed by atoms with E-state index in [-0.39, 0.29) is 25.0 Å². The highest BCUT2D eigenvalue weighted by molar-refractivity contribution is 7.14. The van der Waals surface area contributed by atoms with E-state index in [2.05, 4.69) is 10.3 Å². The molecular weight excluding hydrogens is 418 g/mol. The van der Waals surface area contributed by atoms with Gasteiger partial charge in [0.25, 0.3) is 11.8 Å².